The largest absolute Gasteiger partial charge is 0.457 e. The number of aryl methyl sites for hydroxylation is 1. The molecule has 3 heterocycles. The van der Waals surface area contributed by atoms with Crippen LogP contribution in [0, 0.1) is 0 Å². The Kier molecular flexibility index (Phi) is 7.80. The molecule has 0 aliphatic heterocycles. The van der Waals surface area contributed by atoms with Crippen molar-refractivity contribution in [2.75, 3.05) is 13.6 Å². The van der Waals surface area contributed by atoms with Gasteiger partial charge in [0.05, 0.1) is 16.8 Å². The van der Waals surface area contributed by atoms with Gasteiger partial charge in [-0.25, -0.2) is 4.98 Å². The van der Waals surface area contributed by atoms with Gasteiger partial charge in [-0.05, 0) is 24.3 Å². The van der Waals surface area contributed by atoms with Gasteiger partial charge in [0.25, 0.3) is 0 Å². The van der Waals surface area contributed by atoms with E-state index in [1.165, 1.54) is 0 Å². The second kappa shape index (κ2) is 10.5. The van der Waals surface area contributed by atoms with Gasteiger partial charge in [0.2, 0.25) is 0 Å². The Morgan fingerprint density at radius 2 is 2.07 bits per heavy atom. The number of hydrogen-bond donors (Lipinski definition) is 2. The molecule has 2 N–H and O–H groups in total. The molecule has 0 spiro atoms. The molecule has 3 aromatic heterocycles. The monoisotopic (exact) mass is 537 g/mol. The normalized spacial score (nSPS) is 11.5. The summed E-state index contributed by atoms with van der Waals surface area (Å²) in [6.07, 6.45) is 2.62. The molecule has 30 heavy (non-hydrogen) atoms. The molecule has 10 heteroatoms. The van der Waals surface area contributed by atoms with Crippen molar-refractivity contribution < 1.29 is 4.42 Å². The molecule has 4 aromatic rings. The molecule has 0 saturated heterocycles. The molecule has 0 aliphatic rings. The van der Waals surface area contributed by atoms with E-state index in [0.29, 0.717) is 12.5 Å². The average molecular weight is 537 g/mol. The lowest BCUT2D eigenvalue weighted by molar-refractivity contribution is 0.513. The summed E-state index contributed by atoms with van der Waals surface area (Å²) >= 11 is 1.63. The van der Waals surface area contributed by atoms with Crippen LogP contribution in [0.4, 0.5) is 0 Å². The van der Waals surface area contributed by atoms with Crippen LogP contribution in [0.5, 0.6) is 0 Å². The average Bonchev–Trinajstić information content (AvgIpc) is 3.49. The van der Waals surface area contributed by atoms with Crippen LogP contribution in [0.2, 0.25) is 0 Å². The zero-order valence-corrected chi connectivity index (χ0v) is 20.0. The Morgan fingerprint density at radius 3 is 2.87 bits per heavy atom. The molecule has 0 atom stereocenters. The highest BCUT2D eigenvalue weighted by atomic mass is 127. The van der Waals surface area contributed by atoms with Gasteiger partial charge in [0.1, 0.15) is 17.9 Å². The fourth-order valence-corrected chi connectivity index (χ4v) is 3.92. The summed E-state index contributed by atoms with van der Waals surface area (Å²) < 4.78 is 9.16. The van der Waals surface area contributed by atoms with Gasteiger partial charge in [0, 0.05) is 26.6 Å². The summed E-state index contributed by atoms with van der Waals surface area (Å²) in [5, 5.41) is 15.5. The number of nitrogens with one attached hydrogen (secondary N) is 2. The SMILES string of the molecule is CCc1nncn1CCNC(=NC)NCc1ccc(-c2nc3ccccc3s2)o1.I. The number of aliphatic imine (C=N–C) groups is 1. The first kappa shape index (κ1) is 22.2. The molecule has 4 rings (SSSR count). The molecule has 158 valence electrons. The fraction of sp³-hybridized carbons (Fsp3) is 0.300. The van der Waals surface area contributed by atoms with E-state index in [4.69, 9.17) is 4.42 Å². The molecule has 0 saturated carbocycles. The van der Waals surface area contributed by atoms with Gasteiger partial charge >= 0.3 is 0 Å². The number of hydrogen-bond acceptors (Lipinski definition) is 6. The minimum absolute atomic E-state index is 0. The number of benzene rings is 1. The molecule has 0 fully saturated rings. The first-order valence-electron chi connectivity index (χ1n) is 9.52. The van der Waals surface area contributed by atoms with Crippen LogP contribution in [0.1, 0.15) is 18.5 Å². The lowest BCUT2D eigenvalue weighted by Gasteiger charge is -2.11. The van der Waals surface area contributed by atoms with E-state index in [1.807, 2.05) is 34.9 Å². The van der Waals surface area contributed by atoms with Crippen LogP contribution in [0.15, 0.2) is 52.1 Å². The first-order valence-corrected chi connectivity index (χ1v) is 10.3. The van der Waals surface area contributed by atoms with Crippen molar-refractivity contribution in [3.63, 3.8) is 0 Å². The van der Waals surface area contributed by atoms with Crippen molar-refractivity contribution in [1.82, 2.24) is 30.4 Å². The molecular formula is C20H24IN7OS. The van der Waals surface area contributed by atoms with Gasteiger partial charge < -0.3 is 19.6 Å². The summed E-state index contributed by atoms with van der Waals surface area (Å²) in [6, 6.07) is 12.0. The van der Waals surface area contributed by atoms with E-state index in [-0.39, 0.29) is 24.0 Å². The van der Waals surface area contributed by atoms with Crippen LogP contribution in [0.3, 0.4) is 0 Å². The fourth-order valence-electron chi connectivity index (χ4n) is 2.99. The van der Waals surface area contributed by atoms with Crippen molar-refractivity contribution in [2.45, 2.75) is 26.4 Å². The van der Waals surface area contributed by atoms with Crippen molar-refractivity contribution in [2.24, 2.45) is 4.99 Å². The summed E-state index contributed by atoms with van der Waals surface area (Å²) in [5.74, 6) is 3.31. The molecule has 0 aliphatic carbocycles. The quantitative estimate of drug-likeness (QED) is 0.212. The smallest absolute Gasteiger partial charge is 0.191 e. The molecular weight excluding hydrogens is 513 g/mol. The Morgan fingerprint density at radius 1 is 1.20 bits per heavy atom. The molecule has 0 bridgehead atoms. The van der Waals surface area contributed by atoms with Gasteiger partial charge in [0.15, 0.2) is 16.7 Å². The number of nitrogens with zero attached hydrogens (tertiary/aromatic N) is 5. The minimum Gasteiger partial charge on any atom is -0.457 e. The third-order valence-corrected chi connectivity index (χ3v) is 5.53. The maximum Gasteiger partial charge on any atom is 0.191 e. The summed E-state index contributed by atoms with van der Waals surface area (Å²) in [6.45, 7) is 4.11. The first-order chi connectivity index (χ1) is 14.3. The van der Waals surface area contributed by atoms with E-state index in [2.05, 4.69) is 43.8 Å². The summed E-state index contributed by atoms with van der Waals surface area (Å²) in [7, 11) is 1.75. The van der Waals surface area contributed by atoms with Crippen LogP contribution in [-0.2, 0) is 19.5 Å². The lowest BCUT2D eigenvalue weighted by Crippen LogP contribution is -2.38. The van der Waals surface area contributed by atoms with E-state index in [1.54, 1.807) is 24.7 Å². The van der Waals surface area contributed by atoms with Crippen molar-refractivity contribution in [1.29, 1.82) is 0 Å². The molecule has 0 amide bonds. The van der Waals surface area contributed by atoms with Crippen LogP contribution < -0.4 is 10.6 Å². The van der Waals surface area contributed by atoms with E-state index in [9.17, 15) is 0 Å². The third kappa shape index (κ3) is 5.17. The van der Waals surface area contributed by atoms with E-state index in [0.717, 1.165) is 52.1 Å². The second-order valence-electron chi connectivity index (χ2n) is 6.40. The van der Waals surface area contributed by atoms with Crippen molar-refractivity contribution in [3.05, 3.63) is 54.3 Å². The Hall–Kier alpha value is -2.47. The second-order valence-corrected chi connectivity index (χ2v) is 7.43. The highest BCUT2D eigenvalue weighted by Gasteiger charge is 2.11. The van der Waals surface area contributed by atoms with Gasteiger partial charge in [-0.3, -0.25) is 4.99 Å². The van der Waals surface area contributed by atoms with E-state index >= 15 is 0 Å². The predicted molar refractivity (Wildman–Crippen MR) is 130 cm³/mol. The third-order valence-electron chi connectivity index (χ3n) is 4.48. The highest BCUT2D eigenvalue weighted by Crippen LogP contribution is 2.31. The van der Waals surface area contributed by atoms with Crippen LogP contribution in [-0.4, -0.2) is 39.3 Å². The number of guanidine groups is 1. The van der Waals surface area contributed by atoms with Crippen LogP contribution in [0.25, 0.3) is 21.0 Å². The minimum atomic E-state index is 0. The molecule has 0 unspecified atom stereocenters. The number of fused-ring (bicyclic) bond motifs is 1. The summed E-state index contributed by atoms with van der Waals surface area (Å²) in [4.78, 5) is 8.90. The van der Waals surface area contributed by atoms with Gasteiger partial charge in [-0.1, -0.05) is 19.1 Å². The Labute approximate surface area is 195 Å². The van der Waals surface area contributed by atoms with Gasteiger partial charge in [-0.15, -0.1) is 45.5 Å². The lowest BCUT2D eigenvalue weighted by atomic mass is 10.3. The zero-order chi connectivity index (χ0) is 20.1. The number of thiazole rings is 1. The molecule has 1 aromatic carbocycles. The highest BCUT2D eigenvalue weighted by molar-refractivity contribution is 14.0. The maximum absolute atomic E-state index is 5.97. The molecule has 0 radical (unpaired) electrons. The molecule has 8 nitrogen and oxygen atoms in total. The summed E-state index contributed by atoms with van der Waals surface area (Å²) in [5.41, 5.74) is 0.993. The number of rotatable bonds is 7. The number of aromatic nitrogens is 4. The van der Waals surface area contributed by atoms with Crippen molar-refractivity contribution >= 4 is 51.5 Å². The Bertz CT molecular complexity index is 1080. The number of halogens is 1. The zero-order valence-electron chi connectivity index (χ0n) is 16.8. The maximum atomic E-state index is 5.97. The standard InChI is InChI=1S/C20H23N7OS.HI/c1-3-18-26-24-13-27(18)11-10-22-20(21-2)23-12-14-8-9-16(28-14)19-25-15-6-4-5-7-17(15)29-19;/h4-9,13H,3,10-12H2,1-2H3,(H2,21,22,23);1H. The van der Waals surface area contributed by atoms with Crippen molar-refractivity contribution in [3.8, 4) is 10.8 Å². The van der Waals surface area contributed by atoms with Gasteiger partial charge in [-0.2, -0.15) is 0 Å². The predicted octanol–water partition coefficient (Wildman–Crippen LogP) is 3.69. The number of para-hydroxylation sites is 1. The number of furan rings is 1. The van der Waals surface area contributed by atoms with Crippen LogP contribution >= 0.6 is 35.3 Å². The Balaban J connectivity index is 0.00000256. The topological polar surface area (TPSA) is 93.2 Å². The van der Waals surface area contributed by atoms with E-state index < -0.39 is 0 Å².